The maximum Gasteiger partial charge on any atom is 0.279 e. The molecule has 2 aromatic carbocycles. The highest BCUT2D eigenvalue weighted by atomic mass is 16.5. The van der Waals surface area contributed by atoms with Gasteiger partial charge in [0.15, 0.2) is 18.0 Å². The predicted octanol–water partition coefficient (Wildman–Crippen LogP) is 1.84. The number of hydrogen-bond acceptors (Lipinski definition) is 3. The molecular formula is C20H25N2O3+. The number of hydrogen-bond donors (Lipinski definition) is 2. The van der Waals surface area contributed by atoms with E-state index in [-0.39, 0.29) is 11.9 Å². The third kappa shape index (κ3) is 3.77. The summed E-state index contributed by atoms with van der Waals surface area (Å²) in [4.78, 5) is 13.6. The van der Waals surface area contributed by atoms with E-state index in [1.807, 2.05) is 36.4 Å². The number of carbonyl (C=O) groups is 1. The number of methoxy groups -OCH3 is 2. The summed E-state index contributed by atoms with van der Waals surface area (Å²) in [7, 11) is 3.30. The maximum absolute atomic E-state index is 12.4. The highest BCUT2D eigenvalue weighted by Crippen LogP contribution is 2.33. The first-order valence-corrected chi connectivity index (χ1v) is 8.56. The number of amides is 1. The highest BCUT2D eigenvalue weighted by Gasteiger charge is 2.30. The standard InChI is InChI=1S/C20H24N2O3/c1-14-17-12-19(25-3)18(24-2)11-15(17)9-10-22(14)13-20(23)21-16-7-5-4-6-8-16/h4-8,11-12,14H,9-10,13H2,1-3H3,(H,21,23)/p+1/t14-/m1/s1. The van der Waals surface area contributed by atoms with Crippen LogP contribution >= 0.6 is 0 Å². The summed E-state index contributed by atoms with van der Waals surface area (Å²) in [6.45, 7) is 3.53. The molecule has 2 N–H and O–H groups in total. The van der Waals surface area contributed by atoms with Gasteiger partial charge in [0.05, 0.1) is 20.8 Å². The van der Waals surface area contributed by atoms with E-state index in [1.165, 1.54) is 16.0 Å². The number of para-hydroxylation sites is 1. The summed E-state index contributed by atoms with van der Waals surface area (Å²) in [5.41, 5.74) is 3.34. The topological polar surface area (TPSA) is 52.0 Å². The maximum atomic E-state index is 12.4. The normalized spacial score (nSPS) is 19.0. The van der Waals surface area contributed by atoms with E-state index in [0.717, 1.165) is 30.2 Å². The van der Waals surface area contributed by atoms with Gasteiger partial charge in [0, 0.05) is 17.7 Å². The van der Waals surface area contributed by atoms with Crippen molar-refractivity contribution in [2.45, 2.75) is 19.4 Å². The lowest BCUT2D eigenvalue weighted by Gasteiger charge is -2.32. The number of anilines is 1. The van der Waals surface area contributed by atoms with Gasteiger partial charge >= 0.3 is 0 Å². The molecule has 132 valence electrons. The smallest absolute Gasteiger partial charge is 0.279 e. The first kappa shape index (κ1) is 17.3. The van der Waals surface area contributed by atoms with Gasteiger partial charge in [-0.1, -0.05) is 18.2 Å². The molecule has 2 atom stereocenters. The molecular weight excluding hydrogens is 316 g/mol. The van der Waals surface area contributed by atoms with Crippen molar-refractivity contribution in [1.29, 1.82) is 0 Å². The average Bonchev–Trinajstić information content (AvgIpc) is 2.64. The molecule has 5 heteroatoms. The van der Waals surface area contributed by atoms with Gasteiger partial charge in [-0.2, -0.15) is 0 Å². The lowest BCUT2D eigenvalue weighted by Crippen LogP contribution is -3.14. The Morgan fingerprint density at radius 3 is 2.52 bits per heavy atom. The van der Waals surface area contributed by atoms with E-state index < -0.39 is 0 Å². The van der Waals surface area contributed by atoms with Crippen molar-refractivity contribution in [2.24, 2.45) is 0 Å². The zero-order valence-corrected chi connectivity index (χ0v) is 15.0. The minimum absolute atomic E-state index is 0.0389. The number of fused-ring (bicyclic) bond motifs is 1. The Balaban J connectivity index is 1.72. The van der Waals surface area contributed by atoms with Crippen LogP contribution in [0.3, 0.4) is 0 Å². The molecule has 1 heterocycles. The monoisotopic (exact) mass is 341 g/mol. The minimum Gasteiger partial charge on any atom is -0.493 e. The van der Waals surface area contributed by atoms with Crippen LogP contribution in [0.4, 0.5) is 5.69 Å². The van der Waals surface area contributed by atoms with Crippen molar-refractivity contribution in [2.75, 3.05) is 32.6 Å². The number of quaternary nitrogens is 1. The van der Waals surface area contributed by atoms with Crippen LogP contribution in [0.2, 0.25) is 0 Å². The van der Waals surface area contributed by atoms with Gasteiger partial charge in [0.2, 0.25) is 0 Å². The Morgan fingerprint density at radius 1 is 1.16 bits per heavy atom. The number of ether oxygens (including phenoxy) is 2. The largest absolute Gasteiger partial charge is 0.493 e. The first-order valence-electron chi connectivity index (χ1n) is 8.56. The molecule has 1 unspecified atom stereocenters. The van der Waals surface area contributed by atoms with Crippen molar-refractivity contribution >= 4 is 11.6 Å². The zero-order valence-electron chi connectivity index (χ0n) is 15.0. The molecule has 0 saturated heterocycles. The third-order valence-corrected chi connectivity index (χ3v) is 4.88. The van der Waals surface area contributed by atoms with E-state index in [9.17, 15) is 4.79 Å². The van der Waals surface area contributed by atoms with Crippen molar-refractivity contribution < 1.29 is 19.2 Å². The van der Waals surface area contributed by atoms with Crippen LogP contribution in [0.25, 0.3) is 0 Å². The molecule has 0 aromatic heterocycles. The molecule has 0 aliphatic carbocycles. The second kappa shape index (κ2) is 7.57. The molecule has 2 aromatic rings. The van der Waals surface area contributed by atoms with E-state index in [4.69, 9.17) is 9.47 Å². The Kier molecular flexibility index (Phi) is 5.24. The van der Waals surface area contributed by atoms with Crippen LogP contribution in [0.1, 0.15) is 24.1 Å². The van der Waals surface area contributed by atoms with Crippen molar-refractivity contribution in [3.63, 3.8) is 0 Å². The quantitative estimate of drug-likeness (QED) is 0.873. The molecule has 1 aliphatic heterocycles. The summed E-state index contributed by atoms with van der Waals surface area (Å²) in [5, 5.41) is 2.97. The molecule has 5 nitrogen and oxygen atoms in total. The second-order valence-corrected chi connectivity index (χ2v) is 6.38. The molecule has 0 bridgehead atoms. The van der Waals surface area contributed by atoms with Gasteiger partial charge in [0.25, 0.3) is 5.91 Å². The summed E-state index contributed by atoms with van der Waals surface area (Å²) in [6.07, 6.45) is 0.925. The highest BCUT2D eigenvalue weighted by molar-refractivity contribution is 5.91. The summed E-state index contributed by atoms with van der Waals surface area (Å²) >= 11 is 0. The fraction of sp³-hybridized carbons (Fsp3) is 0.350. The molecule has 1 amide bonds. The van der Waals surface area contributed by atoms with E-state index >= 15 is 0 Å². The average molecular weight is 341 g/mol. The van der Waals surface area contributed by atoms with Gasteiger partial charge < -0.3 is 19.7 Å². The van der Waals surface area contributed by atoms with Gasteiger partial charge in [-0.15, -0.1) is 0 Å². The molecule has 25 heavy (non-hydrogen) atoms. The number of benzene rings is 2. The van der Waals surface area contributed by atoms with Crippen molar-refractivity contribution in [1.82, 2.24) is 0 Å². The predicted molar refractivity (Wildman–Crippen MR) is 97.4 cm³/mol. The summed E-state index contributed by atoms with van der Waals surface area (Å²) in [5.74, 6) is 1.54. The Hall–Kier alpha value is -2.53. The molecule has 0 radical (unpaired) electrons. The van der Waals surface area contributed by atoms with Crippen LogP contribution in [0, 0.1) is 0 Å². The SMILES string of the molecule is COc1cc2c(cc1OC)[C@@H](C)[NH+](CC(=O)Nc1ccccc1)CC2. The Morgan fingerprint density at radius 2 is 1.84 bits per heavy atom. The summed E-state index contributed by atoms with van der Waals surface area (Å²) in [6, 6.07) is 13.9. The molecule has 0 fully saturated rings. The van der Waals surface area contributed by atoms with Crippen LogP contribution in [0.15, 0.2) is 42.5 Å². The zero-order chi connectivity index (χ0) is 17.8. The van der Waals surface area contributed by atoms with Crippen molar-refractivity contribution in [3.8, 4) is 11.5 Å². The number of rotatable bonds is 5. The first-order chi connectivity index (χ1) is 12.1. The molecule has 3 rings (SSSR count). The molecule has 0 spiro atoms. The Bertz CT molecular complexity index is 746. The van der Waals surface area contributed by atoms with E-state index in [2.05, 4.69) is 18.3 Å². The van der Waals surface area contributed by atoms with Crippen LogP contribution in [-0.2, 0) is 11.2 Å². The summed E-state index contributed by atoms with van der Waals surface area (Å²) < 4.78 is 10.8. The Labute approximate surface area is 148 Å². The van der Waals surface area contributed by atoms with Crippen LogP contribution < -0.4 is 19.7 Å². The number of nitrogens with one attached hydrogen (secondary N) is 2. The lowest BCUT2D eigenvalue weighted by atomic mass is 9.93. The number of carbonyl (C=O) groups excluding carboxylic acids is 1. The van der Waals surface area contributed by atoms with Crippen molar-refractivity contribution in [3.05, 3.63) is 53.6 Å². The molecule has 0 saturated carbocycles. The second-order valence-electron chi connectivity index (χ2n) is 6.38. The van der Waals surface area contributed by atoms with Crippen LogP contribution in [0.5, 0.6) is 11.5 Å². The van der Waals surface area contributed by atoms with Crippen LogP contribution in [-0.4, -0.2) is 33.2 Å². The minimum atomic E-state index is 0.0389. The van der Waals surface area contributed by atoms with Gasteiger partial charge in [0.1, 0.15) is 6.04 Å². The lowest BCUT2D eigenvalue weighted by molar-refractivity contribution is -0.924. The molecule has 1 aliphatic rings. The van der Waals surface area contributed by atoms with E-state index in [0.29, 0.717) is 6.54 Å². The van der Waals surface area contributed by atoms with Gasteiger partial charge in [-0.25, -0.2) is 0 Å². The third-order valence-electron chi connectivity index (χ3n) is 4.88. The van der Waals surface area contributed by atoms with Gasteiger partial charge in [-0.3, -0.25) is 4.79 Å². The fourth-order valence-electron chi connectivity index (χ4n) is 3.46. The van der Waals surface area contributed by atoms with E-state index in [1.54, 1.807) is 14.2 Å². The van der Waals surface area contributed by atoms with Gasteiger partial charge in [-0.05, 0) is 36.8 Å². The fourth-order valence-corrected chi connectivity index (χ4v) is 3.46.